The third-order valence-corrected chi connectivity index (χ3v) is 8.38. The Kier molecular flexibility index (Phi) is 6.17. The summed E-state index contributed by atoms with van der Waals surface area (Å²) in [4.78, 5) is 17.7. The molecule has 0 radical (unpaired) electrons. The van der Waals surface area contributed by atoms with Crippen LogP contribution in [0.1, 0.15) is 5.56 Å². The lowest BCUT2D eigenvalue weighted by Gasteiger charge is -2.15. The van der Waals surface area contributed by atoms with Crippen LogP contribution in [0.15, 0.2) is 123 Å². The Bertz CT molecular complexity index is 2000. The molecule has 6 nitrogen and oxygen atoms in total. The van der Waals surface area contributed by atoms with Gasteiger partial charge in [0.15, 0.2) is 5.82 Å². The molecule has 0 amide bonds. The molecule has 0 unspecified atom stereocenters. The van der Waals surface area contributed by atoms with Crippen molar-refractivity contribution in [3.63, 3.8) is 0 Å². The van der Waals surface area contributed by atoms with Gasteiger partial charge < -0.3 is 4.42 Å². The van der Waals surface area contributed by atoms with Crippen LogP contribution >= 0.6 is 11.6 Å². The zero-order chi connectivity index (χ0) is 27.1. The van der Waals surface area contributed by atoms with Gasteiger partial charge in [0.1, 0.15) is 5.58 Å². The molecule has 8 heteroatoms. The summed E-state index contributed by atoms with van der Waals surface area (Å²) in [7, 11) is -4.20. The van der Waals surface area contributed by atoms with Crippen molar-refractivity contribution in [1.82, 2.24) is 8.96 Å². The molecule has 6 aromatic rings. The predicted octanol–water partition coefficient (Wildman–Crippen LogP) is 7.19. The number of hydrogen-bond donors (Lipinski definition) is 0. The smallest absolute Gasteiger partial charge is 0.336 e. The van der Waals surface area contributed by atoms with Gasteiger partial charge in [-0.05, 0) is 37.3 Å². The summed E-state index contributed by atoms with van der Waals surface area (Å²) in [5.41, 5.74) is 3.05. The van der Waals surface area contributed by atoms with Crippen LogP contribution in [0.5, 0.6) is 0 Å². The summed E-state index contributed by atoms with van der Waals surface area (Å²) in [5, 5.41) is 0.871. The lowest BCUT2D eigenvalue weighted by molar-refractivity contribution is 0.561. The second kappa shape index (κ2) is 9.69. The number of aryl methyl sites for hydroxylation is 1. The molecule has 0 spiro atoms. The molecule has 0 N–H and O–H groups in total. The van der Waals surface area contributed by atoms with E-state index in [1.54, 1.807) is 42.5 Å². The molecule has 0 aliphatic rings. The molecule has 2 heterocycles. The first-order valence-electron chi connectivity index (χ1n) is 12.1. The minimum absolute atomic E-state index is 0.0773. The summed E-state index contributed by atoms with van der Waals surface area (Å²) < 4.78 is 35.6. The maximum atomic E-state index is 14.5. The second-order valence-electron chi connectivity index (χ2n) is 9.07. The van der Waals surface area contributed by atoms with Gasteiger partial charge in [-0.15, -0.1) is 0 Å². The van der Waals surface area contributed by atoms with Crippen LogP contribution in [-0.4, -0.2) is 17.4 Å². The maximum absolute atomic E-state index is 14.5. The van der Waals surface area contributed by atoms with Crippen LogP contribution in [0.2, 0.25) is 5.02 Å². The highest BCUT2D eigenvalue weighted by molar-refractivity contribution is 7.90. The van der Waals surface area contributed by atoms with Crippen molar-refractivity contribution < 1.29 is 12.8 Å². The number of nitrogens with zero attached hydrogens (tertiary/aromatic N) is 2. The average Bonchev–Trinajstić information content (AvgIpc) is 3.36. The number of rotatable bonds is 5. The van der Waals surface area contributed by atoms with E-state index < -0.39 is 15.6 Å². The van der Waals surface area contributed by atoms with Crippen LogP contribution in [0.4, 0.5) is 0 Å². The Morgan fingerprint density at radius 2 is 1.44 bits per heavy atom. The Hall–Kier alpha value is -4.46. The zero-order valence-electron chi connectivity index (χ0n) is 20.7. The van der Waals surface area contributed by atoms with Crippen molar-refractivity contribution in [2.45, 2.75) is 11.8 Å². The van der Waals surface area contributed by atoms with E-state index in [1.807, 2.05) is 67.6 Å². The minimum atomic E-state index is -4.20. The fraction of sp³-hybridized carbons (Fsp3) is 0.0323. The maximum Gasteiger partial charge on any atom is 0.336 e. The predicted molar refractivity (Wildman–Crippen MR) is 153 cm³/mol. The van der Waals surface area contributed by atoms with Gasteiger partial charge in [0.2, 0.25) is 0 Å². The average molecular weight is 553 g/mol. The zero-order valence-corrected chi connectivity index (χ0v) is 22.3. The molecule has 0 saturated heterocycles. The summed E-state index contributed by atoms with van der Waals surface area (Å²) >= 11 is 6.32. The first-order valence-corrected chi connectivity index (χ1v) is 13.9. The van der Waals surface area contributed by atoms with E-state index in [1.165, 1.54) is 10.0 Å². The first-order chi connectivity index (χ1) is 18.8. The van der Waals surface area contributed by atoms with Crippen molar-refractivity contribution in [3.8, 4) is 33.9 Å². The van der Waals surface area contributed by atoms with E-state index >= 15 is 0 Å². The Labute approximate surface area is 229 Å². The number of halogens is 1. The molecular weight excluding hydrogens is 532 g/mol. The molecule has 192 valence electrons. The molecule has 0 atom stereocenters. The topological polar surface area (TPSA) is 82.2 Å². The van der Waals surface area contributed by atoms with Gasteiger partial charge in [-0.2, -0.15) is 0 Å². The van der Waals surface area contributed by atoms with Crippen LogP contribution in [0, 0.1) is 6.92 Å². The van der Waals surface area contributed by atoms with Crippen LogP contribution in [-0.2, 0) is 10.0 Å². The van der Waals surface area contributed by atoms with E-state index in [2.05, 4.69) is 0 Å². The van der Waals surface area contributed by atoms with Gasteiger partial charge in [0.25, 0.3) is 10.0 Å². The minimum Gasteiger partial charge on any atom is -0.423 e. The molecule has 39 heavy (non-hydrogen) atoms. The van der Waals surface area contributed by atoms with Gasteiger partial charge in [-0.25, -0.2) is 22.2 Å². The van der Waals surface area contributed by atoms with Gasteiger partial charge in [-0.3, -0.25) is 0 Å². The van der Waals surface area contributed by atoms with Gasteiger partial charge in [0, 0.05) is 33.2 Å². The van der Waals surface area contributed by atoms with Crippen molar-refractivity contribution in [2.75, 3.05) is 0 Å². The second-order valence-corrected chi connectivity index (χ2v) is 11.3. The van der Waals surface area contributed by atoms with Crippen molar-refractivity contribution in [1.29, 1.82) is 0 Å². The molecule has 2 aromatic heterocycles. The monoisotopic (exact) mass is 552 g/mol. The van der Waals surface area contributed by atoms with E-state index in [9.17, 15) is 13.2 Å². The number of imidazole rings is 1. The molecule has 0 fully saturated rings. The SMILES string of the molecule is Cc1ccc(S(=O)(=O)n2c(-c3cc(=O)oc4ccc(Cl)cc34)nc(-c3ccccc3)c2-c2ccccc2)cc1. The van der Waals surface area contributed by atoms with E-state index in [0.29, 0.717) is 32.9 Å². The van der Waals surface area contributed by atoms with Crippen LogP contribution in [0.25, 0.3) is 44.9 Å². The third-order valence-electron chi connectivity index (χ3n) is 6.44. The Balaban J connectivity index is 1.80. The molecule has 6 rings (SSSR count). The molecule has 0 aliphatic heterocycles. The normalized spacial score (nSPS) is 11.6. The summed E-state index contributed by atoms with van der Waals surface area (Å²) in [6.07, 6.45) is 0. The summed E-state index contributed by atoms with van der Waals surface area (Å²) in [6.45, 7) is 1.89. The van der Waals surface area contributed by atoms with Crippen molar-refractivity contribution in [2.24, 2.45) is 0 Å². The fourth-order valence-electron chi connectivity index (χ4n) is 4.59. The molecule has 0 saturated carbocycles. The van der Waals surface area contributed by atoms with E-state index in [4.69, 9.17) is 21.0 Å². The van der Waals surface area contributed by atoms with Gasteiger partial charge in [-0.1, -0.05) is 90.0 Å². The number of benzene rings is 4. The lowest BCUT2D eigenvalue weighted by Crippen LogP contribution is -2.16. The number of aromatic nitrogens is 2. The highest BCUT2D eigenvalue weighted by Gasteiger charge is 2.31. The molecule has 4 aromatic carbocycles. The summed E-state index contributed by atoms with van der Waals surface area (Å²) in [5.74, 6) is 0.0773. The largest absolute Gasteiger partial charge is 0.423 e. The number of hydrogen-bond acceptors (Lipinski definition) is 5. The van der Waals surface area contributed by atoms with Gasteiger partial charge in [0.05, 0.1) is 16.3 Å². The molecule has 0 aliphatic carbocycles. The molecule has 0 bridgehead atoms. The quantitative estimate of drug-likeness (QED) is 0.211. The summed E-state index contributed by atoms with van der Waals surface area (Å²) in [6, 6.07) is 31.3. The first kappa shape index (κ1) is 24.9. The van der Waals surface area contributed by atoms with Crippen molar-refractivity contribution >= 4 is 32.6 Å². The standard InChI is InChI=1S/C31H21ClN2O4S/c1-20-12-15-24(16-13-20)39(36,37)34-30(22-10-6-3-7-11-22)29(21-8-4-2-5-9-21)33-31(34)26-19-28(35)38-27-17-14-23(32)18-25(26)27/h2-19H,1H3. The van der Waals surface area contributed by atoms with Gasteiger partial charge >= 0.3 is 5.63 Å². The van der Waals surface area contributed by atoms with Crippen molar-refractivity contribution in [3.05, 3.63) is 130 Å². The highest BCUT2D eigenvalue weighted by atomic mass is 35.5. The Morgan fingerprint density at radius 3 is 2.10 bits per heavy atom. The van der Waals surface area contributed by atoms with E-state index in [0.717, 1.165) is 11.1 Å². The number of fused-ring (bicyclic) bond motifs is 1. The van der Waals surface area contributed by atoms with E-state index in [-0.39, 0.29) is 16.3 Å². The van der Waals surface area contributed by atoms with Crippen LogP contribution in [0.3, 0.4) is 0 Å². The lowest BCUT2D eigenvalue weighted by atomic mass is 10.1. The highest BCUT2D eigenvalue weighted by Crippen LogP contribution is 2.40. The Morgan fingerprint density at radius 1 is 0.795 bits per heavy atom. The van der Waals surface area contributed by atoms with Crippen LogP contribution < -0.4 is 5.63 Å². The third kappa shape index (κ3) is 4.46. The molecular formula is C31H21ClN2O4S. The fourth-order valence-corrected chi connectivity index (χ4v) is 6.26.